The van der Waals surface area contributed by atoms with Gasteiger partial charge in [0.05, 0.1) is 37.1 Å². The fraction of sp³-hybridized carbons (Fsp3) is 0.417. The van der Waals surface area contributed by atoms with Crippen molar-refractivity contribution in [2.45, 2.75) is 51.3 Å². The number of alkyl halides is 3. The number of H-pyrrole nitrogens is 1. The van der Waals surface area contributed by atoms with E-state index < -0.39 is 35.6 Å². The van der Waals surface area contributed by atoms with E-state index in [2.05, 4.69) is 15.3 Å². The standard InChI is InChI=1S/C24H26F3N5O4/c1-23(2,3)36-22(34)31-12-19(32-11-18(29-30-32)16-8-9-28-21(33)10-16)20(13-31)35-14-15-4-6-17(7-5-15)24(25,26)27/h4-11,19-20H,12-14H2,1-3H3,(H,28,33). The van der Waals surface area contributed by atoms with Gasteiger partial charge in [-0.15, -0.1) is 5.10 Å². The highest BCUT2D eigenvalue weighted by atomic mass is 19.4. The first-order valence-electron chi connectivity index (χ1n) is 11.3. The fourth-order valence-electron chi connectivity index (χ4n) is 3.82. The van der Waals surface area contributed by atoms with Crippen molar-refractivity contribution in [3.05, 3.63) is 70.3 Å². The minimum atomic E-state index is -4.42. The number of amides is 1. The average molecular weight is 505 g/mol. The van der Waals surface area contributed by atoms with Gasteiger partial charge in [-0.05, 0) is 44.5 Å². The summed E-state index contributed by atoms with van der Waals surface area (Å²) >= 11 is 0. The molecule has 3 aromatic rings. The van der Waals surface area contributed by atoms with E-state index in [-0.39, 0.29) is 25.3 Å². The van der Waals surface area contributed by atoms with Gasteiger partial charge in [-0.3, -0.25) is 4.79 Å². The number of nitrogens with one attached hydrogen (secondary N) is 1. The minimum absolute atomic E-state index is 0.0388. The number of nitrogens with zero attached hydrogens (tertiary/aromatic N) is 4. The summed E-state index contributed by atoms with van der Waals surface area (Å²) in [6.45, 7) is 5.76. The van der Waals surface area contributed by atoms with E-state index in [0.717, 1.165) is 12.1 Å². The molecule has 1 aliphatic heterocycles. The SMILES string of the molecule is CC(C)(C)OC(=O)N1CC(OCc2ccc(C(F)(F)F)cc2)C(n2cc(-c3cc[nH]c(=O)c3)nn2)C1. The molecule has 0 bridgehead atoms. The molecule has 1 aromatic carbocycles. The molecule has 0 aliphatic carbocycles. The summed E-state index contributed by atoms with van der Waals surface area (Å²) in [4.78, 5) is 28.4. The van der Waals surface area contributed by atoms with Gasteiger partial charge in [0.15, 0.2) is 0 Å². The van der Waals surface area contributed by atoms with E-state index in [1.165, 1.54) is 29.3 Å². The van der Waals surface area contributed by atoms with Crippen LogP contribution in [-0.2, 0) is 22.3 Å². The van der Waals surface area contributed by atoms with Crippen molar-refractivity contribution >= 4 is 6.09 Å². The van der Waals surface area contributed by atoms with Gasteiger partial charge in [0.25, 0.3) is 0 Å². The predicted octanol–water partition coefficient (Wildman–Crippen LogP) is 4.03. The van der Waals surface area contributed by atoms with Gasteiger partial charge in [-0.2, -0.15) is 13.2 Å². The number of benzene rings is 1. The lowest BCUT2D eigenvalue weighted by atomic mass is 10.1. The monoisotopic (exact) mass is 505 g/mol. The highest BCUT2D eigenvalue weighted by Gasteiger charge is 2.40. The van der Waals surface area contributed by atoms with Crippen LogP contribution in [0.15, 0.2) is 53.6 Å². The second-order valence-corrected chi connectivity index (χ2v) is 9.52. The maximum atomic E-state index is 12.9. The molecule has 192 valence electrons. The van der Waals surface area contributed by atoms with Gasteiger partial charge >= 0.3 is 12.3 Å². The molecule has 2 aromatic heterocycles. The molecule has 4 rings (SSSR count). The van der Waals surface area contributed by atoms with Crippen molar-refractivity contribution in [3.63, 3.8) is 0 Å². The van der Waals surface area contributed by atoms with E-state index in [1.807, 2.05) is 0 Å². The Balaban J connectivity index is 1.53. The number of hydrogen-bond acceptors (Lipinski definition) is 6. The largest absolute Gasteiger partial charge is 0.444 e. The van der Waals surface area contributed by atoms with Crippen LogP contribution in [0.3, 0.4) is 0 Å². The molecule has 12 heteroatoms. The molecule has 36 heavy (non-hydrogen) atoms. The van der Waals surface area contributed by atoms with Gasteiger partial charge in [0, 0.05) is 24.4 Å². The second kappa shape index (κ2) is 9.76. The van der Waals surface area contributed by atoms with E-state index in [9.17, 15) is 22.8 Å². The van der Waals surface area contributed by atoms with Crippen molar-refractivity contribution in [3.8, 4) is 11.3 Å². The smallest absolute Gasteiger partial charge is 0.416 e. The van der Waals surface area contributed by atoms with Crippen LogP contribution in [-0.4, -0.2) is 55.8 Å². The number of aromatic amines is 1. The van der Waals surface area contributed by atoms with E-state index in [0.29, 0.717) is 16.8 Å². The highest BCUT2D eigenvalue weighted by Crippen LogP contribution is 2.30. The normalized spacial score (nSPS) is 18.4. The molecule has 0 spiro atoms. The summed E-state index contributed by atoms with van der Waals surface area (Å²) in [6, 6.07) is 7.38. The van der Waals surface area contributed by atoms with Gasteiger partial charge in [0.1, 0.15) is 11.3 Å². The number of aromatic nitrogens is 4. The Morgan fingerprint density at radius 1 is 1.14 bits per heavy atom. The number of pyridine rings is 1. The topological polar surface area (TPSA) is 102 Å². The Hall–Kier alpha value is -3.67. The molecule has 3 heterocycles. The molecule has 2 unspecified atom stereocenters. The number of carbonyl (C=O) groups is 1. The summed E-state index contributed by atoms with van der Waals surface area (Å²) in [5.41, 5.74) is -0.104. The molecule has 1 amide bonds. The van der Waals surface area contributed by atoms with Gasteiger partial charge in [0.2, 0.25) is 5.56 Å². The molecular weight excluding hydrogens is 479 g/mol. The zero-order chi connectivity index (χ0) is 26.1. The van der Waals surface area contributed by atoms with Gasteiger partial charge < -0.3 is 19.4 Å². The second-order valence-electron chi connectivity index (χ2n) is 9.52. The molecule has 0 saturated carbocycles. The zero-order valence-electron chi connectivity index (χ0n) is 20.0. The predicted molar refractivity (Wildman–Crippen MR) is 123 cm³/mol. The summed E-state index contributed by atoms with van der Waals surface area (Å²) in [7, 11) is 0. The molecule has 0 radical (unpaired) electrons. The van der Waals surface area contributed by atoms with Gasteiger partial charge in [-0.25, -0.2) is 9.48 Å². The third-order valence-corrected chi connectivity index (χ3v) is 5.55. The summed E-state index contributed by atoms with van der Waals surface area (Å²) in [6.07, 6.45) is -2.30. The van der Waals surface area contributed by atoms with Crippen molar-refractivity contribution in [2.24, 2.45) is 0 Å². The first kappa shape index (κ1) is 25.4. The van der Waals surface area contributed by atoms with Crippen LogP contribution in [0.1, 0.15) is 37.9 Å². The molecule has 1 aliphatic rings. The lowest BCUT2D eigenvalue weighted by Gasteiger charge is -2.24. The Morgan fingerprint density at radius 3 is 2.50 bits per heavy atom. The van der Waals surface area contributed by atoms with Crippen LogP contribution in [0.5, 0.6) is 0 Å². The molecule has 2 atom stereocenters. The highest BCUT2D eigenvalue weighted by molar-refractivity contribution is 5.68. The zero-order valence-corrected chi connectivity index (χ0v) is 20.0. The van der Waals surface area contributed by atoms with E-state index in [1.54, 1.807) is 37.7 Å². The van der Waals surface area contributed by atoms with Crippen LogP contribution in [0.25, 0.3) is 11.3 Å². The maximum absolute atomic E-state index is 12.9. The summed E-state index contributed by atoms with van der Waals surface area (Å²) in [5.74, 6) is 0. The van der Waals surface area contributed by atoms with E-state index in [4.69, 9.17) is 9.47 Å². The summed E-state index contributed by atoms with van der Waals surface area (Å²) < 4.78 is 51.7. The van der Waals surface area contributed by atoms with Crippen LogP contribution in [0.2, 0.25) is 0 Å². The first-order valence-corrected chi connectivity index (χ1v) is 11.3. The fourth-order valence-corrected chi connectivity index (χ4v) is 3.82. The number of halogens is 3. The third kappa shape index (κ3) is 6.11. The minimum Gasteiger partial charge on any atom is -0.444 e. The van der Waals surface area contributed by atoms with Crippen molar-refractivity contribution in [1.29, 1.82) is 0 Å². The Morgan fingerprint density at radius 2 is 1.86 bits per heavy atom. The number of ether oxygens (including phenoxy) is 2. The number of rotatable bonds is 5. The number of hydrogen-bond donors (Lipinski definition) is 1. The number of likely N-dealkylation sites (tertiary alicyclic amines) is 1. The maximum Gasteiger partial charge on any atom is 0.416 e. The van der Waals surface area contributed by atoms with Crippen LogP contribution < -0.4 is 5.56 Å². The lowest BCUT2D eigenvalue weighted by molar-refractivity contribution is -0.137. The average Bonchev–Trinajstić information content (AvgIpc) is 3.44. The molecule has 1 N–H and O–H groups in total. The van der Waals surface area contributed by atoms with Crippen molar-refractivity contribution < 1.29 is 27.4 Å². The van der Waals surface area contributed by atoms with Crippen LogP contribution in [0, 0.1) is 0 Å². The van der Waals surface area contributed by atoms with Crippen molar-refractivity contribution in [1.82, 2.24) is 24.9 Å². The van der Waals surface area contributed by atoms with Crippen LogP contribution in [0.4, 0.5) is 18.0 Å². The Labute approximate surface area is 204 Å². The third-order valence-electron chi connectivity index (χ3n) is 5.55. The molecular formula is C24H26F3N5O4. The quantitative estimate of drug-likeness (QED) is 0.562. The number of carbonyl (C=O) groups excluding carboxylic acids is 1. The molecule has 9 nitrogen and oxygen atoms in total. The van der Waals surface area contributed by atoms with Gasteiger partial charge in [-0.1, -0.05) is 17.3 Å². The van der Waals surface area contributed by atoms with Crippen LogP contribution >= 0.6 is 0 Å². The lowest BCUT2D eigenvalue weighted by Crippen LogP contribution is -2.36. The first-order chi connectivity index (χ1) is 16.9. The molecule has 1 saturated heterocycles. The Bertz CT molecular complexity index is 1260. The molecule has 1 fully saturated rings. The van der Waals surface area contributed by atoms with Crippen molar-refractivity contribution in [2.75, 3.05) is 13.1 Å². The summed E-state index contributed by atoms with van der Waals surface area (Å²) in [5, 5.41) is 8.34. The Kier molecular flexibility index (Phi) is 6.90. The van der Waals surface area contributed by atoms with E-state index >= 15 is 0 Å².